The maximum atomic E-state index is 11.9. The van der Waals surface area contributed by atoms with Crippen LogP contribution in [0.3, 0.4) is 0 Å². The van der Waals surface area contributed by atoms with E-state index in [4.69, 9.17) is 4.74 Å². The quantitative estimate of drug-likeness (QED) is 0.837. The third kappa shape index (κ3) is 3.64. The van der Waals surface area contributed by atoms with Gasteiger partial charge < -0.3 is 10.1 Å². The molecule has 0 spiro atoms. The average molecular weight is 265 g/mol. The minimum absolute atomic E-state index is 0.178. The number of ether oxygens (including phenoxy) is 1. The molecule has 104 valence electrons. The first-order chi connectivity index (χ1) is 9.20. The fourth-order valence-corrected chi connectivity index (χ4v) is 2.01. The molecule has 1 aromatic heterocycles. The molecule has 0 bridgehead atoms. The SMILES string of the molecule is CCCn1nc(C(=O)NC[C@H]2CCOC2)ccc1=O. The lowest BCUT2D eigenvalue weighted by Gasteiger charge is -2.10. The molecule has 2 rings (SSSR count). The standard InChI is InChI=1S/C13H19N3O3/c1-2-6-16-12(17)4-3-11(15-16)13(18)14-8-10-5-7-19-9-10/h3-4,10H,2,5-9H2,1H3,(H,14,18)/t10-/m1/s1. The summed E-state index contributed by atoms with van der Waals surface area (Å²) in [7, 11) is 0. The fourth-order valence-electron chi connectivity index (χ4n) is 2.01. The van der Waals surface area contributed by atoms with E-state index in [1.165, 1.54) is 16.8 Å². The van der Waals surface area contributed by atoms with Gasteiger partial charge in [-0.05, 0) is 18.9 Å². The minimum atomic E-state index is -0.239. The monoisotopic (exact) mass is 265 g/mol. The first kappa shape index (κ1) is 13.7. The zero-order valence-electron chi connectivity index (χ0n) is 11.1. The van der Waals surface area contributed by atoms with Crippen molar-refractivity contribution in [1.29, 1.82) is 0 Å². The Bertz CT molecular complexity index is 492. The predicted molar refractivity (Wildman–Crippen MR) is 70.0 cm³/mol. The zero-order chi connectivity index (χ0) is 13.7. The number of carbonyl (C=O) groups excluding carboxylic acids is 1. The second kappa shape index (κ2) is 6.47. The highest BCUT2D eigenvalue weighted by atomic mass is 16.5. The lowest BCUT2D eigenvalue weighted by atomic mass is 10.1. The highest BCUT2D eigenvalue weighted by Crippen LogP contribution is 2.10. The van der Waals surface area contributed by atoms with Crippen molar-refractivity contribution in [3.8, 4) is 0 Å². The second-order valence-electron chi connectivity index (χ2n) is 4.72. The molecule has 1 atom stereocenters. The predicted octanol–water partition coefficient (Wildman–Crippen LogP) is 0.420. The van der Waals surface area contributed by atoms with Crippen LogP contribution in [0, 0.1) is 5.92 Å². The summed E-state index contributed by atoms with van der Waals surface area (Å²) >= 11 is 0. The summed E-state index contributed by atoms with van der Waals surface area (Å²) in [6.45, 7) is 4.54. The van der Waals surface area contributed by atoms with Crippen LogP contribution in [0.1, 0.15) is 30.3 Å². The largest absolute Gasteiger partial charge is 0.381 e. The maximum Gasteiger partial charge on any atom is 0.271 e. The van der Waals surface area contributed by atoms with Crippen LogP contribution >= 0.6 is 0 Å². The van der Waals surface area contributed by atoms with Crippen LogP contribution in [-0.4, -0.2) is 35.4 Å². The van der Waals surface area contributed by atoms with Crippen molar-refractivity contribution in [3.63, 3.8) is 0 Å². The van der Waals surface area contributed by atoms with Crippen LogP contribution in [0.5, 0.6) is 0 Å². The highest BCUT2D eigenvalue weighted by Gasteiger charge is 2.17. The Morgan fingerprint density at radius 2 is 2.42 bits per heavy atom. The maximum absolute atomic E-state index is 11.9. The van der Waals surface area contributed by atoms with E-state index >= 15 is 0 Å². The first-order valence-electron chi connectivity index (χ1n) is 6.65. The Kier molecular flexibility index (Phi) is 4.68. The van der Waals surface area contributed by atoms with E-state index in [-0.39, 0.29) is 17.2 Å². The molecule has 1 N–H and O–H groups in total. The van der Waals surface area contributed by atoms with Gasteiger partial charge in [-0.3, -0.25) is 9.59 Å². The van der Waals surface area contributed by atoms with E-state index in [2.05, 4.69) is 10.4 Å². The van der Waals surface area contributed by atoms with E-state index in [9.17, 15) is 9.59 Å². The molecule has 1 amide bonds. The number of amides is 1. The zero-order valence-corrected chi connectivity index (χ0v) is 11.1. The van der Waals surface area contributed by atoms with E-state index in [1.54, 1.807) is 0 Å². The van der Waals surface area contributed by atoms with Gasteiger partial charge in [-0.2, -0.15) is 5.10 Å². The second-order valence-corrected chi connectivity index (χ2v) is 4.72. The van der Waals surface area contributed by atoms with Gasteiger partial charge in [-0.15, -0.1) is 0 Å². The Labute approximate surface area is 111 Å². The van der Waals surface area contributed by atoms with Crippen LogP contribution in [-0.2, 0) is 11.3 Å². The molecule has 0 radical (unpaired) electrons. The van der Waals surface area contributed by atoms with Crippen LogP contribution < -0.4 is 10.9 Å². The van der Waals surface area contributed by atoms with Crippen LogP contribution in [0.15, 0.2) is 16.9 Å². The van der Waals surface area contributed by atoms with E-state index in [0.717, 1.165) is 19.4 Å². The lowest BCUT2D eigenvalue weighted by molar-refractivity contribution is 0.0937. The van der Waals surface area contributed by atoms with E-state index < -0.39 is 0 Å². The molecule has 1 fully saturated rings. The van der Waals surface area contributed by atoms with E-state index in [1.807, 2.05) is 6.92 Å². The third-order valence-electron chi connectivity index (χ3n) is 3.11. The van der Waals surface area contributed by atoms with Crippen molar-refractivity contribution < 1.29 is 9.53 Å². The number of nitrogens with zero attached hydrogens (tertiary/aromatic N) is 2. The van der Waals surface area contributed by atoms with Crippen LogP contribution in [0.25, 0.3) is 0 Å². The number of hydrogen-bond acceptors (Lipinski definition) is 4. The molecule has 1 aliphatic rings. The molecule has 1 aromatic rings. The van der Waals surface area contributed by atoms with Crippen molar-refractivity contribution in [2.45, 2.75) is 26.3 Å². The summed E-state index contributed by atoms with van der Waals surface area (Å²) in [5.74, 6) is 0.141. The van der Waals surface area contributed by atoms with Gasteiger partial charge in [-0.1, -0.05) is 6.92 Å². The van der Waals surface area contributed by atoms with Gasteiger partial charge in [0.15, 0.2) is 0 Å². The van der Waals surface area contributed by atoms with Gasteiger partial charge in [-0.25, -0.2) is 4.68 Å². The first-order valence-corrected chi connectivity index (χ1v) is 6.65. The molecule has 6 heteroatoms. The molecule has 2 heterocycles. The summed E-state index contributed by atoms with van der Waals surface area (Å²) in [6.07, 6.45) is 1.78. The van der Waals surface area contributed by atoms with Crippen molar-refractivity contribution in [3.05, 3.63) is 28.2 Å². The molecule has 6 nitrogen and oxygen atoms in total. The topological polar surface area (TPSA) is 73.2 Å². The van der Waals surface area contributed by atoms with Crippen LogP contribution in [0.4, 0.5) is 0 Å². The highest BCUT2D eigenvalue weighted by molar-refractivity contribution is 5.91. The minimum Gasteiger partial charge on any atom is -0.381 e. The molecule has 0 aliphatic carbocycles. The summed E-state index contributed by atoms with van der Waals surface area (Å²) in [5.41, 5.74) is 0.106. The number of aromatic nitrogens is 2. The van der Waals surface area contributed by atoms with Gasteiger partial charge in [0, 0.05) is 31.7 Å². The summed E-state index contributed by atoms with van der Waals surface area (Å²) in [5, 5.41) is 6.90. The normalized spacial score (nSPS) is 18.5. The van der Waals surface area contributed by atoms with Crippen molar-refractivity contribution in [2.24, 2.45) is 5.92 Å². The smallest absolute Gasteiger partial charge is 0.271 e. The molecular weight excluding hydrogens is 246 g/mol. The average Bonchev–Trinajstić information content (AvgIpc) is 2.92. The van der Waals surface area contributed by atoms with Gasteiger partial charge in [0.05, 0.1) is 6.61 Å². The molecule has 0 aromatic carbocycles. The number of rotatable bonds is 5. The molecular formula is C13H19N3O3. The van der Waals surface area contributed by atoms with Crippen molar-refractivity contribution >= 4 is 5.91 Å². The molecule has 1 saturated heterocycles. The number of carbonyl (C=O) groups is 1. The Balaban J connectivity index is 1.97. The lowest BCUT2D eigenvalue weighted by Crippen LogP contribution is -2.32. The Hall–Kier alpha value is -1.69. The number of hydrogen-bond donors (Lipinski definition) is 1. The Morgan fingerprint density at radius 1 is 1.58 bits per heavy atom. The van der Waals surface area contributed by atoms with Crippen LogP contribution in [0.2, 0.25) is 0 Å². The molecule has 0 unspecified atom stereocenters. The molecule has 0 saturated carbocycles. The van der Waals surface area contributed by atoms with Gasteiger partial charge in [0.2, 0.25) is 0 Å². The van der Waals surface area contributed by atoms with Gasteiger partial charge in [0.25, 0.3) is 11.5 Å². The van der Waals surface area contributed by atoms with Gasteiger partial charge in [0.1, 0.15) is 5.69 Å². The fraction of sp³-hybridized carbons (Fsp3) is 0.615. The van der Waals surface area contributed by atoms with Gasteiger partial charge >= 0.3 is 0 Å². The number of aryl methyl sites for hydroxylation is 1. The third-order valence-corrected chi connectivity index (χ3v) is 3.11. The molecule has 1 aliphatic heterocycles. The summed E-state index contributed by atoms with van der Waals surface area (Å²) in [4.78, 5) is 23.4. The Morgan fingerprint density at radius 3 is 3.11 bits per heavy atom. The summed E-state index contributed by atoms with van der Waals surface area (Å²) < 4.78 is 6.58. The summed E-state index contributed by atoms with van der Waals surface area (Å²) in [6, 6.07) is 2.85. The molecule has 19 heavy (non-hydrogen) atoms. The van der Waals surface area contributed by atoms with Crippen molar-refractivity contribution in [2.75, 3.05) is 19.8 Å². The van der Waals surface area contributed by atoms with Crippen molar-refractivity contribution in [1.82, 2.24) is 15.1 Å². The number of nitrogens with one attached hydrogen (secondary N) is 1. The van der Waals surface area contributed by atoms with E-state index in [0.29, 0.717) is 25.6 Å².